The van der Waals surface area contributed by atoms with Gasteiger partial charge in [0.2, 0.25) is 15.9 Å². The number of nitrogens with zero attached hydrogens (tertiary/aromatic N) is 3. The molecule has 1 aromatic heterocycles. The highest BCUT2D eigenvalue weighted by atomic mass is 32.2. The standard InChI is InChI=1S/C18H26N4O4S/c1-3-17-20-18(26-21-17)13-19-15-12-14(8-9-16(15)25-2)27(23,24)22-10-6-4-5-7-11-22/h8-9,12,19H,3-7,10-11,13H2,1-2H3. The van der Waals surface area contributed by atoms with Gasteiger partial charge < -0.3 is 14.6 Å². The highest BCUT2D eigenvalue weighted by Gasteiger charge is 2.26. The fourth-order valence-corrected chi connectivity index (χ4v) is 4.64. The van der Waals surface area contributed by atoms with Crippen LogP contribution < -0.4 is 10.1 Å². The van der Waals surface area contributed by atoms with E-state index in [-0.39, 0.29) is 11.4 Å². The predicted molar refractivity (Wildman–Crippen MR) is 101 cm³/mol. The molecule has 0 bridgehead atoms. The van der Waals surface area contributed by atoms with Crippen LogP contribution in [0.4, 0.5) is 5.69 Å². The van der Waals surface area contributed by atoms with E-state index in [1.807, 2.05) is 6.92 Å². The molecule has 0 aliphatic carbocycles. The van der Waals surface area contributed by atoms with E-state index >= 15 is 0 Å². The highest BCUT2D eigenvalue weighted by molar-refractivity contribution is 7.89. The summed E-state index contributed by atoms with van der Waals surface area (Å²) < 4.78 is 38.2. The number of nitrogens with one attached hydrogen (secondary N) is 1. The van der Waals surface area contributed by atoms with Crippen molar-refractivity contribution in [1.29, 1.82) is 0 Å². The summed E-state index contributed by atoms with van der Waals surface area (Å²) in [5.41, 5.74) is 0.574. The average Bonchev–Trinajstić information content (AvgIpc) is 2.96. The maximum atomic E-state index is 13.0. The number of anilines is 1. The Bertz CT molecular complexity index is 858. The van der Waals surface area contributed by atoms with Crippen molar-refractivity contribution >= 4 is 15.7 Å². The number of hydrogen-bond acceptors (Lipinski definition) is 7. The van der Waals surface area contributed by atoms with Gasteiger partial charge in [-0.25, -0.2) is 8.42 Å². The number of aryl methyl sites for hydroxylation is 1. The Morgan fingerprint density at radius 1 is 1.22 bits per heavy atom. The van der Waals surface area contributed by atoms with E-state index in [9.17, 15) is 8.42 Å². The molecular formula is C18H26N4O4S. The zero-order valence-corrected chi connectivity index (χ0v) is 16.6. The van der Waals surface area contributed by atoms with Crippen molar-refractivity contribution in [1.82, 2.24) is 14.4 Å². The molecule has 0 spiro atoms. The molecule has 1 aromatic carbocycles. The van der Waals surface area contributed by atoms with Gasteiger partial charge in [0.15, 0.2) is 5.82 Å². The van der Waals surface area contributed by atoms with Crippen molar-refractivity contribution in [2.45, 2.75) is 50.5 Å². The number of sulfonamides is 1. The summed E-state index contributed by atoms with van der Waals surface area (Å²) in [6.07, 6.45) is 4.64. The second-order valence-corrected chi connectivity index (χ2v) is 8.43. The summed E-state index contributed by atoms with van der Waals surface area (Å²) in [6, 6.07) is 4.86. The fraction of sp³-hybridized carbons (Fsp3) is 0.556. The van der Waals surface area contributed by atoms with Gasteiger partial charge in [-0.05, 0) is 31.0 Å². The largest absolute Gasteiger partial charge is 0.495 e. The van der Waals surface area contributed by atoms with Crippen LogP contribution >= 0.6 is 0 Å². The molecule has 1 saturated heterocycles. The molecule has 1 N–H and O–H groups in total. The second-order valence-electron chi connectivity index (χ2n) is 6.49. The number of benzene rings is 1. The average molecular weight is 394 g/mol. The zero-order valence-electron chi connectivity index (χ0n) is 15.8. The molecule has 3 rings (SSSR count). The lowest BCUT2D eigenvalue weighted by Gasteiger charge is -2.21. The molecule has 0 saturated carbocycles. The smallest absolute Gasteiger partial charge is 0.245 e. The van der Waals surface area contributed by atoms with Gasteiger partial charge >= 0.3 is 0 Å². The maximum absolute atomic E-state index is 13.0. The van der Waals surface area contributed by atoms with E-state index in [1.54, 1.807) is 29.6 Å². The molecule has 2 aromatic rings. The van der Waals surface area contributed by atoms with Gasteiger partial charge in [-0.15, -0.1) is 0 Å². The van der Waals surface area contributed by atoms with Crippen LogP contribution in [0.5, 0.6) is 5.75 Å². The summed E-state index contributed by atoms with van der Waals surface area (Å²) in [5, 5.41) is 7.00. The van der Waals surface area contributed by atoms with Crippen LogP contribution in [0.1, 0.15) is 44.3 Å². The van der Waals surface area contributed by atoms with Gasteiger partial charge in [0, 0.05) is 19.5 Å². The monoisotopic (exact) mass is 394 g/mol. The molecule has 0 unspecified atom stereocenters. The minimum atomic E-state index is -3.53. The number of aromatic nitrogens is 2. The topological polar surface area (TPSA) is 97.6 Å². The minimum absolute atomic E-state index is 0.257. The Labute approximate surface area is 160 Å². The molecule has 9 heteroatoms. The predicted octanol–water partition coefficient (Wildman–Crippen LogP) is 2.82. The molecule has 148 valence electrons. The number of rotatable bonds is 7. The van der Waals surface area contributed by atoms with Crippen molar-refractivity contribution in [3.8, 4) is 5.75 Å². The van der Waals surface area contributed by atoms with Crippen molar-refractivity contribution < 1.29 is 17.7 Å². The molecule has 1 aliphatic heterocycles. The van der Waals surface area contributed by atoms with E-state index in [2.05, 4.69) is 15.5 Å². The fourth-order valence-electron chi connectivity index (χ4n) is 3.09. The molecule has 0 radical (unpaired) electrons. The van der Waals surface area contributed by atoms with E-state index < -0.39 is 10.0 Å². The van der Waals surface area contributed by atoms with E-state index in [1.165, 1.54) is 0 Å². The van der Waals surface area contributed by atoms with E-state index in [4.69, 9.17) is 9.26 Å². The van der Waals surface area contributed by atoms with Crippen LogP contribution in [0.2, 0.25) is 0 Å². The van der Waals surface area contributed by atoms with Crippen LogP contribution in [-0.2, 0) is 23.0 Å². The van der Waals surface area contributed by atoms with Crippen LogP contribution in [0.3, 0.4) is 0 Å². The molecule has 0 amide bonds. The first kappa shape index (κ1) is 19.6. The van der Waals surface area contributed by atoms with Crippen LogP contribution in [0.15, 0.2) is 27.6 Å². The van der Waals surface area contributed by atoms with Gasteiger partial charge in [-0.1, -0.05) is 24.9 Å². The first-order valence-corrected chi connectivity index (χ1v) is 10.7. The number of methoxy groups -OCH3 is 1. The lowest BCUT2D eigenvalue weighted by atomic mass is 10.2. The molecule has 27 heavy (non-hydrogen) atoms. The Hall–Kier alpha value is -2.13. The quantitative estimate of drug-likeness (QED) is 0.771. The maximum Gasteiger partial charge on any atom is 0.245 e. The van der Waals surface area contributed by atoms with Crippen molar-refractivity contribution in [2.75, 3.05) is 25.5 Å². The summed E-state index contributed by atoms with van der Waals surface area (Å²) >= 11 is 0. The molecule has 8 nitrogen and oxygen atoms in total. The van der Waals surface area contributed by atoms with Gasteiger partial charge in [0.25, 0.3) is 0 Å². The Morgan fingerprint density at radius 2 is 1.96 bits per heavy atom. The van der Waals surface area contributed by atoms with Crippen molar-refractivity contribution in [3.63, 3.8) is 0 Å². The van der Waals surface area contributed by atoms with Gasteiger partial charge in [-0.2, -0.15) is 9.29 Å². The second kappa shape index (κ2) is 8.71. The van der Waals surface area contributed by atoms with E-state index in [0.717, 1.165) is 25.7 Å². The Balaban J connectivity index is 1.81. The van der Waals surface area contributed by atoms with Crippen LogP contribution in [-0.4, -0.2) is 43.1 Å². The molecule has 1 aliphatic rings. The lowest BCUT2D eigenvalue weighted by molar-refractivity contribution is 0.377. The number of ether oxygens (including phenoxy) is 1. The SMILES string of the molecule is CCc1noc(CNc2cc(S(=O)(=O)N3CCCCCC3)ccc2OC)n1. The third-order valence-corrected chi connectivity index (χ3v) is 6.52. The third kappa shape index (κ3) is 4.59. The minimum Gasteiger partial charge on any atom is -0.495 e. The first-order valence-electron chi connectivity index (χ1n) is 9.28. The Kier molecular flexibility index (Phi) is 6.33. The Morgan fingerprint density at radius 3 is 2.59 bits per heavy atom. The van der Waals surface area contributed by atoms with Crippen molar-refractivity contribution in [2.24, 2.45) is 0 Å². The number of hydrogen-bond donors (Lipinski definition) is 1. The molecule has 0 atom stereocenters. The lowest BCUT2D eigenvalue weighted by Crippen LogP contribution is -2.32. The molecule has 1 fully saturated rings. The van der Waals surface area contributed by atoms with Crippen molar-refractivity contribution in [3.05, 3.63) is 29.9 Å². The zero-order chi connectivity index (χ0) is 19.3. The molecule has 2 heterocycles. The van der Waals surface area contributed by atoms with Gasteiger partial charge in [-0.3, -0.25) is 0 Å². The summed E-state index contributed by atoms with van der Waals surface area (Å²) in [6.45, 7) is 3.37. The highest BCUT2D eigenvalue weighted by Crippen LogP contribution is 2.30. The summed E-state index contributed by atoms with van der Waals surface area (Å²) in [4.78, 5) is 4.50. The molecular weight excluding hydrogens is 368 g/mol. The van der Waals surface area contributed by atoms with Gasteiger partial charge in [0.05, 0.1) is 24.2 Å². The summed E-state index contributed by atoms with van der Waals surface area (Å²) in [5.74, 6) is 1.63. The third-order valence-electron chi connectivity index (χ3n) is 4.63. The van der Waals surface area contributed by atoms with E-state index in [0.29, 0.717) is 42.7 Å². The van der Waals surface area contributed by atoms with Gasteiger partial charge in [0.1, 0.15) is 5.75 Å². The first-order chi connectivity index (χ1) is 13.0. The van der Waals surface area contributed by atoms with Crippen LogP contribution in [0, 0.1) is 0 Å². The van der Waals surface area contributed by atoms with Crippen LogP contribution in [0.25, 0.3) is 0 Å². The summed E-state index contributed by atoms with van der Waals surface area (Å²) in [7, 11) is -1.98. The normalized spacial score (nSPS) is 16.1.